The lowest BCUT2D eigenvalue weighted by molar-refractivity contribution is -0.117. The molecule has 38 heavy (non-hydrogen) atoms. The monoisotopic (exact) mass is 501 g/mol. The number of carbonyl (C=O) groups is 2. The van der Waals surface area contributed by atoms with E-state index < -0.39 is 23.5 Å². The molecule has 0 fully saturated rings. The average molecular weight is 502 g/mol. The lowest BCUT2D eigenvalue weighted by Crippen LogP contribution is -2.31. The second-order valence-corrected chi connectivity index (χ2v) is 9.14. The van der Waals surface area contributed by atoms with Crippen molar-refractivity contribution in [3.05, 3.63) is 137 Å². The first-order valence-corrected chi connectivity index (χ1v) is 12.2. The molecule has 2 heterocycles. The number of rotatable bonds is 6. The first-order chi connectivity index (χ1) is 18.5. The minimum atomic E-state index is -0.844. The number of aryl methyl sites for hydroxylation is 1. The maximum Gasteiger partial charge on any atom is 0.294 e. The van der Waals surface area contributed by atoms with Crippen molar-refractivity contribution in [3.8, 4) is 11.5 Å². The van der Waals surface area contributed by atoms with E-state index in [1.807, 2.05) is 79.7 Å². The number of nitrogens with zero attached hydrogens (tertiary/aromatic N) is 1. The molecule has 1 aromatic heterocycles. The zero-order chi connectivity index (χ0) is 26.2. The van der Waals surface area contributed by atoms with E-state index in [0.29, 0.717) is 28.3 Å². The highest BCUT2D eigenvalue weighted by Gasteiger charge is 2.45. The van der Waals surface area contributed by atoms with Crippen LogP contribution < -0.4 is 9.64 Å². The number of amides is 1. The molecular formula is C32H23NO5. The van der Waals surface area contributed by atoms with Gasteiger partial charge in [-0.2, -0.15) is 0 Å². The van der Waals surface area contributed by atoms with Crippen LogP contribution in [-0.4, -0.2) is 16.8 Å². The Morgan fingerprint density at radius 2 is 1.55 bits per heavy atom. The van der Waals surface area contributed by atoms with Crippen molar-refractivity contribution in [1.82, 2.24) is 0 Å². The number of fused-ring (bicyclic) bond motifs is 1. The van der Waals surface area contributed by atoms with Gasteiger partial charge in [-0.15, -0.1) is 0 Å². The van der Waals surface area contributed by atoms with Gasteiger partial charge in [0, 0.05) is 11.1 Å². The Bertz CT molecular complexity index is 1670. The fourth-order valence-corrected chi connectivity index (χ4v) is 4.79. The highest BCUT2D eigenvalue weighted by atomic mass is 16.5. The van der Waals surface area contributed by atoms with Gasteiger partial charge < -0.3 is 14.3 Å². The maximum atomic E-state index is 13.8. The SMILES string of the molecule is Cc1cccc(C2C(C(=O)c3cc4ccccc4o3)=C(O)C(=O)N2c2ccc(Oc3ccccc3)cc2)c1. The summed E-state index contributed by atoms with van der Waals surface area (Å²) in [5, 5.41) is 11.8. The Morgan fingerprint density at radius 1 is 0.842 bits per heavy atom. The zero-order valence-corrected chi connectivity index (χ0v) is 20.5. The maximum absolute atomic E-state index is 13.8. The summed E-state index contributed by atoms with van der Waals surface area (Å²) in [6.45, 7) is 1.94. The number of furan rings is 1. The van der Waals surface area contributed by atoms with Crippen LogP contribution in [0.5, 0.6) is 11.5 Å². The van der Waals surface area contributed by atoms with Gasteiger partial charge in [0.2, 0.25) is 5.78 Å². The molecule has 0 bridgehead atoms. The van der Waals surface area contributed by atoms with Gasteiger partial charge in [-0.05, 0) is 61.0 Å². The molecule has 0 saturated carbocycles. The molecular weight excluding hydrogens is 478 g/mol. The number of Topliss-reactive ketones (excluding diaryl/α,β-unsaturated/α-hetero) is 1. The average Bonchev–Trinajstić information content (AvgIpc) is 3.48. The standard InChI is InChI=1S/C32H23NO5/c1-20-8-7-10-22(18-20)29-28(30(34)27-19-21-9-5-6-13-26(21)38-27)31(35)32(36)33(29)23-14-16-25(17-15-23)37-24-11-3-2-4-12-24/h2-19,29,35H,1H3. The van der Waals surface area contributed by atoms with Crippen LogP contribution in [-0.2, 0) is 4.79 Å². The van der Waals surface area contributed by atoms with Gasteiger partial charge in [0.05, 0.1) is 11.6 Å². The second-order valence-electron chi connectivity index (χ2n) is 9.14. The topological polar surface area (TPSA) is 80.0 Å². The van der Waals surface area contributed by atoms with Gasteiger partial charge in [0.15, 0.2) is 11.5 Å². The summed E-state index contributed by atoms with van der Waals surface area (Å²) in [7, 11) is 0. The Labute approximate surface area is 219 Å². The molecule has 0 radical (unpaired) electrons. The van der Waals surface area contributed by atoms with Crippen LogP contribution >= 0.6 is 0 Å². The Balaban J connectivity index is 1.40. The molecule has 0 spiro atoms. The van der Waals surface area contributed by atoms with Gasteiger partial charge in [0.1, 0.15) is 17.1 Å². The van der Waals surface area contributed by atoms with Gasteiger partial charge in [-0.1, -0.05) is 66.2 Å². The van der Waals surface area contributed by atoms with E-state index in [-0.39, 0.29) is 11.3 Å². The van der Waals surface area contributed by atoms with Crippen molar-refractivity contribution in [2.24, 2.45) is 0 Å². The molecule has 5 aromatic rings. The number of anilines is 1. The fraction of sp³-hybridized carbons (Fsp3) is 0.0625. The Hall–Kier alpha value is -5.10. The molecule has 6 heteroatoms. The number of aliphatic hydroxyl groups excluding tert-OH is 1. The summed E-state index contributed by atoms with van der Waals surface area (Å²) in [4.78, 5) is 28.7. The molecule has 4 aromatic carbocycles. The van der Waals surface area contributed by atoms with Crippen LogP contribution in [0.1, 0.15) is 27.7 Å². The molecule has 1 atom stereocenters. The first kappa shape index (κ1) is 23.3. The van der Waals surface area contributed by atoms with Crippen LogP contribution in [0.3, 0.4) is 0 Å². The van der Waals surface area contributed by atoms with E-state index in [4.69, 9.17) is 9.15 Å². The quantitative estimate of drug-likeness (QED) is 0.247. The van der Waals surface area contributed by atoms with E-state index in [0.717, 1.165) is 10.9 Å². The van der Waals surface area contributed by atoms with Gasteiger partial charge in [-0.3, -0.25) is 14.5 Å². The van der Waals surface area contributed by atoms with Crippen molar-refractivity contribution in [2.45, 2.75) is 13.0 Å². The smallest absolute Gasteiger partial charge is 0.294 e. The first-order valence-electron chi connectivity index (χ1n) is 12.2. The van der Waals surface area contributed by atoms with E-state index in [1.54, 1.807) is 36.4 Å². The largest absolute Gasteiger partial charge is 0.503 e. The summed E-state index contributed by atoms with van der Waals surface area (Å²) < 4.78 is 11.7. The third kappa shape index (κ3) is 4.12. The van der Waals surface area contributed by atoms with Crippen LogP contribution in [0.15, 0.2) is 125 Å². The highest BCUT2D eigenvalue weighted by molar-refractivity contribution is 6.20. The van der Waals surface area contributed by atoms with Crippen LogP contribution in [0.4, 0.5) is 5.69 Å². The lowest BCUT2D eigenvalue weighted by atomic mass is 9.94. The molecule has 6 rings (SSSR count). The molecule has 1 unspecified atom stereocenters. The van der Waals surface area contributed by atoms with Crippen molar-refractivity contribution in [1.29, 1.82) is 0 Å². The predicted molar refractivity (Wildman–Crippen MR) is 145 cm³/mol. The van der Waals surface area contributed by atoms with Crippen LogP contribution in [0.25, 0.3) is 11.0 Å². The van der Waals surface area contributed by atoms with Crippen molar-refractivity contribution < 1.29 is 23.8 Å². The molecule has 1 aliphatic heterocycles. The number of carbonyl (C=O) groups excluding carboxylic acids is 2. The minimum Gasteiger partial charge on any atom is -0.503 e. The van der Waals surface area contributed by atoms with E-state index in [9.17, 15) is 14.7 Å². The molecule has 186 valence electrons. The van der Waals surface area contributed by atoms with Gasteiger partial charge >= 0.3 is 0 Å². The number of aliphatic hydroxyl groups is 1. The molecule has 6 nitrogen and oxygen atoms in total. The Kier molecular flexibility index (Phi) is 5.77. The number of hydrogen-bond acceptors (Lipinski definition) is 5. The van der Waals surface area contributed by atoms with Crippen molar-refractivity contribution >= 4 is 28.3 Å². The lowest BCUT2D eigenvalue weighted by Gasteiger charge is -2.27. The van der Waals surface area contributed by atoms with Crippen molar-refractivity contribution in [2.75, 3.05) is 4.90 Å². The number of para-hydroxylation sites is 2. The minimum absolute atomic E-state index is 0.0238. The summed E-state index contributed by atoms with van der Waals surface area (Å²) in [6, 6.07) is 32.0. The molecule has 1 amide bonds. The Morgan fingerprint density at radius 3 is 2.29 bits per heavy atom. The van der Waals surface area contributed by atoms with Gasteiger partial charge in [0.25, 0.3) is 5.91 Å². The number of ketones is 1. The fourth-order valence-electron chi connectivity index (χ4n) is 4.79. The molecule has 1 aliphatic rings. The summed E-state index contributed by atoms with van der Waals surface area (Å²) >= 11 is 0. The number of benzene rings is 4. The molecule has 0 saturated heterocycles. The molecule has 0 aliphatic carbocycles. The normalized spacial score (nSPS) is 15.3. The summed E-state index contributed by atoms with van der Waals surface area (Å²) in [6.07, 6.45) is 0. The predicted octanol–water partition coefficient (Wildman–Crippen LogP) is 7.32. The third-order valence-corrected chi connectivity index (χ3v) is 6.55. The number of hydrogen-bond donors (Lipinski definition) is 1. The third-order valence-electron chi connectivity index (χ3n) is 6.55. The van der Waals surface area contributed by atoms with Gasteiger partial charge in [-0.25, -0.2) is 0 Å². The second kappa shape index (κ2) is 9.41. The van der Waals surface area contributed by atoms with E-state index in [1.165, 1.54) is 4.90 Å². The highest BCUT2D eigenvalue weighted by Crippen LogP contribution is 2.43. The number of ether oxygens (including phenoxy) is 1. The molecule has 1 N–H and O–H groups in total. The van der Waals surface area contributed by atoms with Crippen LogP contribution in [0.2, 0.25) is 0 Å². The zero-order valence-electron chi connectivity index (χ0n) is 20.5. The van der Waals surface area contributed by atoms with Crippen LogP contribution in [0, 0.1) is 6.92 Å². The summed E-state index contributed by atoms with van der Waals surface area (Å²) in [5.41, 5.74) is 2.71. The van der Waals surface area contributed by atoms with Crippen molar-refractivity contribution in [3.63, 3.8) is 0 Å². The van der Waals surface area contributed by atoms with E-state index in [2.05, 4.69) is 0 Å². The summed E-state index contributed by atoms with van der Waals surface area (Å²) in [5.74, 6) is -0.446. The van der Waals surface area contributed by atoms with E-state index >= 15 is 0 Å².